The molecule has 0 aromatic carbocycles. The van der Waals surface area contributed by atoms with Crippen molar-refractivity contribution in [2.45, 2.75) is 34.6 Å². The Labute approximate surface area is 70.1 Å². The van der Waals surface area contributed by atoms with Gasteiger partial charge in [0, 0.05) is 5.41 Å². The van der Waals surface area contributed by atoms with Crippen molar-refractivity contribution in [2.75, 3.05) is 13.2 Å². The van der Waals surface area contributed by atoms with Crippen LogP contribution in [0.1, 0.15) is 34.6 Å². The summed E-state index contributed by atoms with van der Waals surface area (Å²) in [6.07, 6.45) is 0. The van der Waals surface area contributed by atoms with Gasteiger partial charge < -0.3 is 4.74 Å². The summed E-state index contributed by atoms with van der Waals surface area (Å²) in [5.74, 6) is 0.733. The topological polar surface area (TPSA) is 9.23 Å². The first kappa shape index (κ1) is 9.05. The largest absolute Gasteiger partial charge is 0.380 e. The SMILES string of the molecule is CC(C)C1(C(C)(C)C)COC1. The van der Waals surface area contributed by atoms with Crippen LogP contribution in [0.2, 0.25) is 0 Å². The highest BCUT2D eigenvalue weighted by molar-refractivity contribution is 4.97. The Balaban J connectivity index is 2.76. The molecule has 1 heterocycles. The molecule has 1 aliphatic rings. The minimum absolute atomic E-state index is 0.388. The van der Waals surface area contributed by atoms with Gasteiger partial charge in [0.05, 0.1) is 13.2 Å². The van der Waals surface area contributed by atoms with Gasteiger partial charge in [-0.2, -0.15) is 0 Å². The lowest BCUT2D eigenvalue weighted by Crippen LogP contribution is -2.55. The molecule has 0 atom stereocenters. The standard InChI is InChI=1S/C10H20O/c1-8(2)10(6-11-7-10)9(3,4)5/h8H,6-7H2,1-5H3. The summed E-state index contributed by atoms with van der Waals surface area (Å²) in [5.41, 5.74) is 0.826. The minimum Gasteiger partial charge on any atom is -0.380 e. The Hall–Kier alpha value is -0.0400. The lowest BCUT2D eigenvalue weighted by atomic mass is 9.59. The molecule has 1 heteroatoms. The quantitative estimate of drug-likeness (QED) is 0.567. The Morgan fingerprint density at radius 1 is 1.18 bits per heavy atom. The molecular formula is C10H20O. The van der Waals surface area contributed by atoms with Gasteiger partial charge in [0.2, 0.25) is 0 Å². The van der Waals surface area contributed by atoms with E-state index in [0.29, 0.717) is 10.8 Å². The van der Waals surface area contributed by atoms with Crippen LogP contribution in [0.4, 0.5) is 0 Å². The van der Waals surface area contributed by atoms with Crippen molar-refractivity contribution in [2.24, 2.45) is 16.7 Å². The fraction of sp³-hybridized carbons (Fsp3) is 1.00. The summed E-state index contributed by atoms with van der Waals surface area (Å²) in [5, 5.41) is 0. The van der Waals surface area contributed by atoms with E-state index in [-0.39, 0.29) is 0 Å². The molecule has 0 saturated carbocycles. The second-order valence-corrected chi connectivity index (χ2v) is 5.05. The highest BCUT2D eigenvalue weighted by atomic mass is 16.5. The fourth-order valence-corrected chi connectivity index (χ4v) is 1.95. The average Bonchev–Trinajstić information content (AvgIpc) is 1.52. The number of rotatable bonds is 1. The predicted molar refractivity (Wildman–Crippen MR) is 47.5 cm³/mol. The van der Waals surface area contributed by atoms with Crippen molar-refractivity contribution in [3.05, 3.63) is 0 Å². The Kier molecular flexibility index (Phi) is 2.04. The summed E-state index contributed by atoms with van der Waals surface area (Å²) in [6.45, 7) is 13.4. The lowest BCUT2D eigenvalue weighted by Gasteiger charge is -2.54. The van der Waals surface area contributed by atoms with Crippen LogP contribution >= 0.6 is 0 Å². The normalized spacial score (nSPS) is 23.5. The second kappa shape index (κ2) is 2.48. The van der Waals surface area contributed by atoms with Gasteiger partial charge in [-0.15, -0.1) is 0 Å². The molecule has 0 amide bonds. The van der Waals surface area contributed by atoms with Gasteiger partial charge in [0.25, 0.3) is 0 Å². The molecule has 0 aliphatic carbocycles. The number of hydrogen-bond donors (Lipinski definition) is 0. The smallest absolute Gasteiger partial charge is 0.0552 e. The third kappa shape index (κ3) is 1.20. The first-order valence-corrected chi connectivity index (χ1v) is 4.48. The van der Waals surface area contributed by atoms with Gasteiger partial charge in [0.15, 0.2) is 0 Å². The van der Waals surface area contributed by atoms with Crippen molar-refractivity contribution < 1.29 is 4.74 Å². The third-order valence-corrected chi connectivity index (χ3v) is 3.32. The van der Waals surface area contributed by atoms with E-state index in [2.05, 4.69) is 34.6 Å². The summed E-state index contributed by atoms with van der Waals surface area (Å²) < 4.78 is 5.33. The molecule has 1 saturated heterocycles. The Morgan fingerprint density at radius 3 is 1.64 bits per heavy atom. The minimum atomic E-state index is 0.388. The Morgan fingerprint density at radius 2 is 1.64 bits per heavy atom. The first-order chi connectivity index (χ1) is 4.90. The average molecular weight is 156 g/mol. The zero-order valence-corrected chi connectivity index (χ0v) is 8.40. The van der Waals surface area contributed by atoms with E-state index in [0.717, 1.165) is 19.1 Å². The van der Waals surface area contributed by atoms with E-state index in [1.807, 2.05) is 0 Å². The van der Waals surface area contributed by atoms with Crippen LogP contribution in [0.15, 0.2) is 0 Å². The fourth-order valence-electron chi connectivity index (χ4n) is 1.95. The molecule has 0 radical (unpaired) electrons. The molecule has 1 aliphatic heterocycles. The summed E-state index contributed by atoms with van der Waals surface area (Å²) in [4.78, 5) is 0. The number of hydrogen-bond acceptors (Lipinski definition) is 1. The second-order valence-electron chi connectivity index (χ2n) is 5.05. The molecule has 0 unspecified atom stereocenters. The van der Waals surface area contributed by atoms with Crippen LogP contribution in [-0.2, 0) is 4.74 Å². The molecule has 0 aromatic rings. The van der Waals surface area contributed by atoms with E-state index in [9.17, 15) is 0 Å². The number of ether oxygens (including phenoxy) is 1. The van der Waals surface area contributed by atoms with Crippen molar-refractivity contribution in [3.63, 3.8) is 0 Å². The maximum absolute atomic E-state index is 5.33. The first-order valence-electron chi connectivity index (χ1n) is 4.48. The summed E-state index contributed by atoms with van der Waals surface area (Å²) in [7, 11) is 0. The summed E-state index contributed by atoms with van der Waals surface area (Å²) in [6, 6.07) is 0. The molecule has 0 N–H and O–H groups in total. The highest BCUT2D eigenvalue weighted by Crippen LogP contribution is 2.49. The molecule has 0 bridgehead atoms. The lowest BCUT2D eigenvalue weighted by molar-refractivity contribution is -0.195. The van der Waals surface area contributed by atoms with Crippen LogP contribution in [-0.4, -0.2) is 13.2 Å². The van der Waals surface area contributed by atoms with Gasteiger partial charge in [0.1, 0.15) is 0 Å². The third-order valence-electron chi connectivity index (χ3n) is 3.32. The van der Waals surface area contributed by atoms with Crippen LogP contribution in [0.5, 0.6) is 0 Å². The van der Waals surface area contributed by atoms with Gasteiger partial charge >= 0.3 is 0 Å². The van der Waals surface area contributed by atoms with Crippen molar-refractivity contribution in [1.29, 1.82) is 0 Å². The molecule has 1 rings (SSSR count). The molecule has 0 spiro atoms. The van der Waals surface area contributed by atoms with E-state index in [1.54, 1.807) is 0 Å². The highest BCUT2D eigenvalue weighted by Gasteiger charge is 2.50. The zero-order valence-electron chi connectivity index (χ0n) is 8.40. The zero-order chi connectivity index (χ0) is 8.70. The van der Waals surface area contributed by atoms with E-state index < -0.39 is 0 Å². The molecule has 11 heavy (non-hydrogen) atoms. The molecule has 1 nitrogen and oxygen atoms in total. The maximum atomic E-state index is 5.33. The van der Waals surface area contributed by atoms with Crippen LogP contribution in [0.25, 0.3) is 0 Å². The predicted octanol–water partition coefficient (Wildman–Crippen LogP) is 2.71. The van der Waals surface area contributed by atoms with Crippen LogP contribution in [0.3, 0.4) is 0 Å². The van der Waals surface area contributed by atoms with E-state index in [1.165, 1.54) is 0 Å². The van der Waals surface area contributed by atoms with Crippen molar-refractivity contribution in [3.8, 4) is 0 Å². The Bertz CT molecular complexity index is 137. The van der Waals surface area contributed by atoms with Gasteiger partial charge in [-0.05, 0) is 11.3 Å². The van der Waals surface area contributed by atoms with Gasteiger partial charge in [-0.3, -0.25) is 0 Å². The molecule has 0 aromatic heterocycles. The van der Waals surface area contributed by atoms with Crippen LogP contribution < -0.4 is 0 Å². The van der Waals surface area contributed by atoms with Gasteiger partial charge in [-0.25, -0.2) is 0 Å². The van der Waals surface area contributed by atoms with E-state index in [4.69, 9.17) is 4.74 Å². The molecule has 66 valence electrons. The monoisotopic (exact) mass is 156 g/mol. The summed E-state index contributed by atoms with van der Waals surface area (Å²) >= 11 is 0. The van der Waals surface area contributed by atoms with E-state index >= 15 is 0 Å². The van der Waals surface area contributed by atoms with Gasteiger partial charge in [-0.1, -0.05) is 34.6 Å². The van der Waals surface area contributed by atoms with Crippen LogP contribution in [0, 0.1) is 16.7 Å². The van der Waals surface area contributed by atoms with Crippen molar-refractivity contribution >= 4 is 0 Å². The van der Waals surface area contributed by atoms with Crippen molar-refractivity contribution in [1.82, 2.24) is 0 Å². The molecule has 1 fully saturated rings. The maximum Gasteiger partial charge on any atom is 0.0552 e. The molecular weight excluding hydrogens is 136 g/mol.